The fraction of sp³-hybridized carbons (Fsp3) is 0.182. The van der Waals surface area contributed by atoms with Crippen molar-refractivity contribution in [2.45, 2.75) is 19.8 Å². The predicted octanol–water partition coefficient (Wildman–Crippen LogP) is 4.47. The lowest BCUT2D eigenvalue weighted by atomic mass is 9.80. The van der Waals surface area contributed by atoms with E-state index in [4.69, 9.17) is 16.3 Å². The summed E-state index contributed by atoms with van der Waals surface area (Å²) in [5.41, 5.74) is 4.56. The number of carbonyl (C=O) groups excluding carboxylic acids is 2. The topological polar surface area (TPSA) is 55.4 Å². The molecule has 0 radical (unpaired) electrons. The first-order valence-electron chi connectivity index (χ1n) is 8.82. The number of ketones is 1. The second kappa shape index (κ2) is 6.71. The summed E-state index contributed by atoms with van der Waals surface area (Å²) in [6.45, 7) is 3.84. The molecular weight excluding hydrogens is 362 g/mol. The van der Waals surface area contributed by atoms with Crippen LogP contribution in [0, 0.1) is 0 Å². The number of nitrogens with one attached hydrogen (secondary N) is 1. The number of esters is 1. The van der Waals surface area contributed by atoms with Gasteiger partial charge in [-0.05, 0) is 25.5 Å². The van der Waals surface area contributed by atoms with Crippen molar-refractivity contribution >= 4 is 29.1 Å². The van der Waals surface area contributed by atoms with Crippen LogP contribution in [0.5, 0.6) is 0 Å². The van der Waals surface area contributed by atoms with Crippen molar-refractivity contribution in [2.24, 2.45) is 0 Å². The fourth-order valence-electron chi connectivity index (χ4n) is 3.83. The molecule has 27 heavy (non-hydrogen) atoms. The minimum absolute atomic E-state index is 0.0904. The highest BCUT2D eigenvalue weighted by atomic mass is 35.5. The number of allylic oxidation sites excluding steroid dienone is 2. The Bertz CT molecular complexity index is 1040. The Morgan fingerprint density at radius 3 is 2.48 bits per heavy atom. The van der Waals surface area contributed by atoms with Crippen molar-refractivity contribution in [3.63, 3.8) is 0 Å². The van der Waals surface area contributed by atoms with Crippen LogP contribution in [0.15, 0.2) is 65.4 Å². The summed E-state index contributed by atoms with van der Waals surface area (Å²) >= 11 is 6.47. The third-order valence-corrected chi connectivity index (χ3v) is 5.30. The Morgan fingerprint density at radius 1 is 1.11 bits per heavy atom. The predicted molar refractivity (Wildman–Crippen MR) is 104 cm³/mol. The largest absolute Gasteiger partial charge is 0.463 e. The van der Waals surface area contributed by atoms with Crippen molar-refractivity contribution in [3.8, 4) is 0 Å². The van der Waals surface area contributed by atoms with E-state index >= 15 is 0 Å². The molecule has 0 fully saturated rings. The van der Waals surface area contributed by atoms with Gasteiger partial charge in [0.25, 0.3) is 0 Å². The van der Waals surface area contributed by atoms with E-state index in [9.17, 15) is 9.59 Å². The zero-order valence-corrected chi connectivity index (χ0v) is 15.8. The van der Waals surface area contributed by atoms with Crippen LogP contribution in [0.1, 0.15) is 41.3 Å². The van der Waals surface area contributed by atoms with Gasteiger partial charge in [0, 0.05) is 27.4 Å². The molecule has 1 aliphatic heterocycles. The smallest absolute Gasteiger partial charge is 0.336 e. The van der Waals surface area contributed by atoms with E-state index < -0.39 is 11.9 Å². The van der Waals surface area contributed by atoms with Crippen molar-refractivity contribution < 1.29 is 14.3 Å². The fourth-order valence-corrected chi connectivity index (χ4v) is 4.07. The van der Waals surface area contributed by atoms with Gasteiger partial charge in [0.1, 0.15) is 0 Å². The van der Waals surface area contributed by atoms with Crippen molar-refractivity contribution in [1.29, 1.82) is 0 Å². The van der Waals surface area contributed by atoms with Crippen LogP contribution in [-0.4, -0.2) is 18.4 Å². The van der Waals surface area contributed by atoms with Gasteiger partial charge in [-0.25, -0.2) is 4.79 Å². The minimum atomic E-state index is -0.575. The lowest BCUT2D eigenvalue weighted by molar-refractivity contribution is -0.138. The number of halogens is 1. The highest BCUT2D eigenvalue weighted by molar-refractivity contribution is 6.32. The molecule has 2 aromatic rings. The molecule has 1 heterocycles. The Kier molecular flexibility index (Phi) is 4.36. The molecule has 136 valence electrons. The summed E-state index contributed by atoms with van der Waals surface area (Å²) in [5.74, 6) is -1.11. The van der Waals surface area contributed by atoms with E-state index in [1.807, 2.05) is 43.3 Å². The number of rotatable bonds is 3. The van der Waals surface area contributed by atoms with Crippen LogP contribution >= 0.6 is 11.6 Å². The van der Waals surface area contributed by atoms with Gasteiger partial charge in [0.05, 0.1) is 23.8 Å². The highest BCUT2D eigenvalue weighted by Crippen LogP contribution is 2.48. The summed E-state index contributed by atoms with van der Waals surface area (Å²) in [7, 11) is 0. The number of dihydropyridines is 1. The number of fused-ring (bicyclic) bond motifs is 2. The van der Waals surface area contributed by atoms with Gasteiger partial charge in [0.2, 0.25) is 0 Å². The van der Waals surface area contributed by atoms with Crippen molar-refractivity contribution in [2.75, 3.05) is 6.61 Å². The second-order valence-corrected chi connectivity index (χ2v) is 6.91. The Balaban J connectivity index is 1.96. The van der Waals surface area contributed by atoms with Crippen LogP contribution in [0.4, 0.5) is 0 Å². The van der Waals surface area contributed by atoms with Crippen LogP contribution in [0.2, 0.25) is 5.02 Å². The molecule has 0 bridgehead atoms. The van der Waals surface area contributed by atoms with E-state index in [0.717, 1.165) is 16.8 Å². The number of Topliss-reactive ketones (excluding diaryl/α,β-unsaturated/α-hetero) is 1. The maximum absolute atomic E-state index is 13.2. The highest BCUT2D eigenvalue weighted by Gasteiger charge is 2.43. The molecule has 2 aliphatic rings. The summed E-state index contributed by atoms with van der Waals surface area (Å²) in [6, 6.07) is 14.8. The van der Waals surface area contributed by atoms with E-state index in [-0.39, 0.29) is 12.4 Å². The van der Waals surface area contributed by atoms with Gasteiger partial charge < -0.3 is 10.1 Å². The minimum Gasteiger partial charge on any atom is -0.463 e. The average Bonchev–Trinajstić information content (AvgIpc) is 2.94. The van der Waals surface area contributed by atoms with Crippen molar-refractivity contribution in [3.05, 3.63) is 87.1 Å². The molecule has 0 aromatic heterocycles. The number of hydrogen-bond acceptors (Lipinski definition) is 4. The molecule has 0 saturated carbocycles. The lowest BCUT2D eigenvalue weighted by Gasteiger charge is -2.29. The first-order valence-corrected chi connectivity index (χ1v) is 9.20. The Hall–Kier alpha value is -2.85. The van der Waals surface area contributed by atoms with E-state index in [1.54, 1.807) is 19.1 Å². The molecule has 0 saturated heterocycles. The standard InChI is InChI=1S/C22H18ClNO3/c1-3-27-22(26)17-12(2)24-20-13-8-4-5-9-14(13)21(25)19(20)18(17)15-10-6-7-11-16(15)23/h4-11,18,24H,3H2,1-2H3/t18-/m0/s1. The SMILES string of the molecule is CCOC(=O)C1=C(C)NC2=C(C(=O)c3ccccc32)[C@H]1c1ccccc1Cl. The molecule has 4 nitrogen and oxygen atoms in total. The quantitative estimate of drug-likeness (QED) is 0.799. The number of hydrogen-bond donors (Lipinski definition) is 1. The van der Waals surface area contributed by atoms with Crippen LogP contribution in [-0.2, 0) is 9.53 Å². The van der Waals surface area contributed by atoms with Gasteiger partial charge in [-0.2, -0.15) is 0 Å². The average molecular weight is 380 g/mol. The van der Waals surface area contributed by atoms with Gasteiger partial charge in [0.15, 0.2) is 5.78 Å². The molecule has 0 spiro atoms. The maximum Gasteiger partial charge on any atom is 0.336 e. The van der Waals surface area contributed by atoms with Crippen LogP contribution in [0.25, 0.3) is 5.70 Å². The first-order chi connectivity index (χ1) is 13.0. The summed E-state index contributed by atoms with van der Waals surface area (Å²) < 4.78 is 5.29. The Labute approximate surface area is 162 Å². The molecule has 1 N–H and O–H groups in total. The van der Waals surface area contributed by atoms with E-state index in [1.165, 1.54) is 0 Å². The lowest BCUT2D eigenvalue weighted by Crippen LogP contribution is -2.29. The molecule has 0 amide bonds. The summed E-state index contributed by atoms with van der Waals surface area (Å²) in [4.78, 5) is 26.0. The molecule has 4 rings (SSSR count). The summed E-state index contributed by atoms with van der Waals surface area (Å²) in [5, 5.41) is 3.78. The normalized spacial score (nSPS) is 18.2. The first kappa shape index (κ1) is 17.6. The zero-order valence-electron chi connectivity index (χ0n) is 15.0. The molecule has 5 heteroatoms. The Morgan fingerprint density at radius 2 is 1.78 bits per heavy atom. The van der Waals surface area contributed by atoms with Crippen LogP contribution < -0.4 is 5.32 Å². The monoisotopic (exact) mass is 379 g/mol. The third kappa shape index (κ3) is 2.68. The third-order valence-electron chi connectivity index (χ3n) is 4.96. The maximum atomic E-state index is 13.2. The van der Waals surface area contributed by atoms with Gasteiger partial charge in [-0.1, -0.05) is 54.1 Å². The number of ether oxygens (including phenoxy) is 1. The van der Waals surface area contributed by atoms with E-state index in [0.29, 0.717) is 27.4 Å². The van der Waals surface area contributed by atoms with E-state index in [2.05, 4.69) is 5.32 Å². The molecule has 1 atom stereocenters. The van der Waals surface area contributed by atoms with Crippen LogP contribution in [0.3, 0.4) is 0 Å². The van der Waals surface area contributed by atoms with Gasteiger partial charge >= 0.3 is 5.97 Å². The van der Waals surface area contributed by atoms with Crippen molar-refractivity contribution in [1.82, 2.24) is 5.32 Å². The molecular formula is C22H18ClNO3. The molecule has 2 aromatic carbocycles. The molecule has 1 aliphatic carbocycles. The second-order valence-electron chi connectivity index (χ2n) is 6.50. The number of benzene rings is 2. The zero-order chi connectivity index (χ0) is 19.1. The van der Waals surface area contributed by atoms with Gasteiger partial charge in [-0.3, -0.25) is 4.79 Å². The van der Waals surface area contributed by atoms with Gasteiger partial charge in [-0.15, -0.1) is 0 Å². The molecule has 0 unspecified atom stereocenters. The number of carbonyl (C=O) groups is 2. The summed E-state index contributed by atoms with van der Waals surface area (Å²) in [6.07, 6.45) is 0.